The van der Waals surface area contributed by atoms with Crippen LogP contribution in [0.3, 0.4) is 0 Å². The molecule has 0 saturated carbocycles. The molecule has 0 bridgehead atoms. The Morgan fingerprint density at radius 1 is 1.35 bits per heavy atom. The quantitative estimate of drug-likeness (QED) is 0.709. The zero-order valence-electron chi connectivity index (χ0n) is 10.7. The minimum atomic E-state index is 0.0828. The predicted octanol–water partition coefficient (Wildman–Crippen LogP) is 3.14. The number of fused-ring (bicyclic) bond motifs is 1. The van der Waals surface area contributed by atoms with Gasteiger partial charge >= 0.3 is 0 Å². The van der Waals surface area contributed by atoms with Crippen LogP contribution in [0.15, 0.2) is 18.2 Å². The molecule has 1 heterocycles. The molecule has 2 aromatic rings. The van der Waals surface area contributed by atoms with E-state index in [0.29, 0.717) is 0 Å². The Bertz CT molecular complexity index is 511. The summed E-state index contributed by atoms with van der Waals surface area (Å²) in [6.07, 6.45) is 2.12. The van der Waals surface area contributed by atoms with Crippen molar-refractivity contribution in [2.24, 2.45) is 0 Å². The molecule has 4 N–H and O–H groups in total. The second-order valence-corrected chi connectivity index (χ2v) is 4.75. The van der Waals surface area contributed by atoms with Crippen LogP contribution in [0, 0.1) is 0 Å². The number of nitrogens with two attached hydrogens (primary N) is 1. The van der Waals surface area contributed by atoms with Crippen LogP contribution in [-0.2, 0) is 0 Å². The first-order chi connectivity index (χ1) is 8.06. The number of H-pyrrole nitrogens is 1. The number of rotatable bonds is 4. The van der Waals surface area contributed by atoms with Gasteiger partial charge in [0.1, 0.15) is 0 Å². The lowest BCUT2D eigenvalue weighted by molar-refractivity contribution is 0.475. The SMILES string of the molecule is CCC(C)(CC)Nc1nc2ccc(N)cc2[nH]1. The van der Waals surface area contributed by atoms with E-state index in [0.717, 1.165) is 35.5 Å². The zero-order chi connectivity index (χ0) is 12.5. The minimum absolute atomic E-state index is 0.0828. The summed E-state index contributed by atoms with van der Waals surface area (Å²) in [5.74, 6) is 0.816. The third-order valence-corrected chi connectivity index (χ3v) is 3.49. The van der Waals surface area contributed by atoms with Crippen molar-refractivity contribution in [3.63, 3.8) is 0 Å². The van der Waals surface area contributed by atoms with Gasteiger partial charge in [0.2, 0.25) is 5.95 Å². The van der Waals surface area contributed by atoms with Crippen molar-refractivity contribution in [2.75, 3.05) is 11.1 Å². The van der Waals surface area contributed by atoms with Crippen molar-refractivity contribution >= 4 is 22.7 Å². The maximum atomic E-state index is 5.74. The molecule has 4 nitrogen and oxygen atoms in total. The van der Waals surface area contributed by atoms with Gasteiger partial charge < -0.3 is 16.0 Å². The van der Waals surface area contributed by atoms with Crippen molar-refractivity contribution in [1.82, 2.24) is 9.97 Å². The Morgan fingerprint density at radius 3 is 2.71 bits per heavy atom. The number of aromatic nitrogens is 2. The smallest absolute Gasteiger partial charge is 0.201 e. The Labute approximate surface area is 102 Å². The lowest BCUT2D eigenvalue weighted by Crippen LogP contribution is -2.33. The maximum absolute atomic E-state index is 5.74. The molecule has 2 rings (SSSR count). The summed E-state index contributed by atoms with van der Waals surface area (Å²) in [6, 6.07) is 5.70. The van der Waals surface area contributed by atoms with E-state index >= 15 is 0 Å². The highest BCUT2D eigenvalue weighted by Gasteiger charge is 2.20. The van der Waals surface area contributed by atoms with E-state index in [-0.39, 0.29) is 5.54 Å². The van der Waals surface area contributed by atoms with Crippen LogP contribution in [0.25, 0.3) is 11.0 Å². The number of imidazole rings is 1. The highest BCUT2D eigenvalue weighted by atomic mass is 15.2. The van der Waals surface area contributed by atoms with Gasteiger partial charge in [-0.05, 0) is 38.0 Å². The molecule has 0 radical (unpaired) electrons. The number of anilines is 2. The summed E-state index contributed by atoms with van der Waals surface area (Å²) >= 11 is 0. The molecular weight excluding hydrogens is 212 g/mol. The van der Waals surface area contributed by atoms with Gasteiger partial charge in [-0.15, -0.1) is 0 Å². The van der Waals surface area contributed by atoms with Crippen LogP contribution in [0.2, 0.25) is 0 Å². The third kappa shape index (κ3) is 2.35. The lowest BCUT2D eigenvalue weighted by atomic mass is 9.96. The van der Waals surface area contributed by atoms with Crippen LogP contribution >= 0.6 is 0 Å². The summed E-state index contributed by atoms with van der Waals surface area (Å²) in [5.41, 5.74) is 8.49. The molecule has 1 aromatic heterocycles. The van der Waals surface area contributed by atoms with Gasteiger partial charge in [0, 0.05) is 11.2 Å². The Hall–Kier alpha value is -1.71. The van der Waals surface area contributed by atoms with Crippen LogP contribution in [0.4, 0.5) is 11.6 Å². The predicted molar refractivity (Wildman–Crippen MR) is 73.1 cm³/mol. The molecular formula is C13H20N4. The fraction of sp³-hybridized carbons (Fsp3) is 0.462. The van der Waals surface area contributed by atoms with Gasteiger partial charge in [-0.1, -0.05) is 13.8 Å². The molecule has 92 valence electrons. The second kappa shape index (κ2) is 4.28. The topological polar surface area (TPSA) is 66.7 Å². The fourth-order valence-electron chi connectivity index (χ4n) is 1.80. The molecule has 0 aliphatic carbocycles. The average molecular weight is 232 g/mol. The van der Waals surface area contributed by atoms with Crippen molar-refractivity contribution in [1.29, 1.82) is 0 Å². The normalized spacial score (nSPS) is 11.9. The highest BCUT2D eigenvalue weighted by molar-refractivity contribution is 5.80. The average Bonchev–Trinajstić information content (AvgIpc) is 2.70. The number of hydrogen-bond donors (Lipinski definition) is 3. The number of nitrogens with one attached hydrogen (secondary N) is 2. The van der Waals surface area contributed by atoms with Gasteiger partial charge in [0.05, 0.1) is 11.0 Å². The molecule has 0 aliphatic heterocycles. The van der Waals surface area contributed by atoms with Gasteiger partial charge in [0.25, 0.3) is 0 Å². The summed E-state index contributed by atoms with van der Waals surface area (Å²) in [6.45, 7) is 6.56. The Balaban J connectivity index is 2.31. The summed E-state index contributed by atoms with van der Waals surface area (Å²) < 4.78 is 0. The van der Waals surface area contributed by atoms with Crippen molar-refractivity contribution < 1.29 is 0 Å². The van der Waals surface area contributed by atoms with E-state index in [1.165, 1.54) is 0 Å². The number of nitrogens with zero attached hydrogens (tertiary/aromatic N) is 1. The first-order valence-electron chi connectivity index (χ1n) is 6.10. The molecule has 0 amide bonds. The van der Waals surface area contributed by atoms with E-state index in [2.05, 4.69) is 36.1 Å². The Morgan fingerprint density at radius 2 is 2.06 bits per heavy atom. The number of benzene rings is 1. The molecule has 0 saturated heterocycles. The van der Waals surface area contributed by atoms with E-state index < -0.39 is 0 Å². The monoisotopic (exact) mass is 232 g/mol. The van der Waals surface area contributed by atoms with Crippen molar-refractivity contribution in [3.8, 4) is 0 Å². The van der Waals surface area contributed by atoms with Crippen molar-refractivity contribution in [2.45, 2.75) is 39.2 Å². The largest absolute Gasteiger partial charge is 0.399 e. The lowest BCUT2D eigenvalue weighted by Gasteiger charge is -2.27. The van der Waals surface area contributed by atoms with Crippen LogP contribution in [0.5, 0.6) is 0 Å². The second-order valence-electron chi connectivity index (χ2n) is 4.75. The molecule has 0 atom stereocenters. The van der Waals surface area contributed by atoms with E-state index in [9.17, 15) is 0 Å². The molecule has 0 aliphatic rings. The third-order valence-electron chi connectivity index (χ3n) is 3.49. The van der Waals surface area contributed by atoms with Crippen LogP contribution < -0.4 is 11.1 Å². The first-order valence-corrected chi connectivity index (χ1v) is 6.10. The number of nitrogen functional groups attached to an aromatic ring is 1. The summed E-state index contributed by atoms with van der Waals surface area (Å²) in [4.78, 5) is 7.77. The van der Waals surface area contributed by atoms with E-state index in [1.54, 1.807) is 0 Å². The van der Waals surface area contributed by atoms with Gasteiger partial charge in [-0.3, -0.25) is 0 Å². The van der Waals surface area contributed by atoms with Crippen molar-refractivity contribution in [3.05, 3.63) is 18.2 Å². The van der Waals surface area contributed by atoms with Gasteiger partial charge in [-0.2, -0.15) is 0 Å². The number of hydrogen-bond acceptors (Lipinski definition) is 3. The molecule has 1 aromatic carbocycles. The minimum Gasteiger partial charge on any atom is -0.399 e. The van der Waals surface area contributed by atoms with Gasteiger partial charge in [0.15, 0.2) is 0 Å². The molecule has 0 spiro atoms. The van der Waals surface area contributed by atoms with E-state index in [4.69, 9.17) is 5.73 Å². The fourth-order valence-corrected chi connectivity index (χ4v) is 1.80. The van der Waals surface area contributed by atoms with E-state index in [1.807, 2.05) is 18.2 Å². The molecule has 17 heavy (non-hydrogen) atoms. The highest BCUT2D eigenvalue weighted by Crippen LogP contribution is 2.22. The Kier molecular flexibility index (Phi) is 2.96. The summed E-state index contributed by atoms with van der Waals surface area (Å²) in [7, 11) is 0. The zero-order valence-corrected chi connectivity index (χ0v) is 10.7. The summed E-state index contributed by atoms with van der Waals surface area (Å²) in [5, 5.41) is 3.46. The molecule has 4 heteroatoms. The maximum Gasteiger partial charge on any atom is 0.201 e. The molecule has 0 fully saturated rings. The van der Waals surface area contributed by atoms with Gasteiger partial charge in [-0.25, -0.2) is 4.98 Å². The standard InChI is InChI=1S/C13H20N4/c1-4-13(3,5-2)17-12-15-10-7-6-9(14)8-11(10)16-12/h6-8H,4-5,14H2,1-3H3,(H2,15,16,17). The van der Waals surface area contributed by atoms with Crippen LogP contribution in [-0.4, -0.2) is 15.5 Å². The first kappa shape index (κ1) is 11.8. The number of aromatic amines is 1. The molecule has 0 unspecified atom stereocenters. The van der Waals surface area contributed by atoms with Crippen LogP contribution in [0.1, 0.15) is 33.6 Å².